The number of hydrogen-bond acceptors (Lipinski definition) is 1. The van der Waals surface area contributed by atoms with E-state index in [4.69, 9.17) is 0 Å². The molecule has 84 valence electrons. The zero-order valence-corrected chi connectivity index (χ0v) is 11.3. The molecule has 0 saturated heterocycles. The van der Waals surface area contributed by atoms with Crippen molar-refractivity contribution < 1.29 is 0 Å². The smallest absolute Gasteiger partial charge is 0.0230 e. The molecule has 15 heavy (non-hydrogen) atoms. The molecular weight excluding hydrogens is 250 g/mol. The molecule has 0 aliphatic carbocycles. The number of nitrogens with zero attached hydrogens (tertiary/aromatic N) is 1. The number of rotatable bonds is 6. The summed E-state index contributed by atoms with van der Waals surface area (Å²) < 4.78 is 0. The van der Waals surface area contributed by atoms with Crippen LogP contribution in [-0.2, 0) is 6.54 Å². The first-order valence-corrected chi connectivity index (χ1v) is 6.64. The van der Waals surface area contributed by atoms with Crippen molar-refractivity contribution in [3.63, 3.8) is 0 Å². The van der Waals surface area contributed by atoms with Gasteiger partial charge in [-0.2, -0.15) is 0 Å². The zero-order valence-electron chi connectivity index (χ0n) is 9.67. The topological polar surface area (TPSA) is 3.24 Å². The predicted octanol–water partition coefficient (Wildman–Crippen LogP) is 3.60. The molecule has 0 radical (unpaired) electrons. The van der Waals surface area contributed by atoms with E-state index in [1.54, 1.807) is 0 Å². The van der Waals surface area contributed by atoms with Gasteiger partial charge in [0.1, 0.15) is 0 Å². The normalized spacial score (nSPS) is 10.9. The van der Waals surface area contributed by atoms with Gasteiger partial charge >= 0.3 is 0 Å². The molecule has 0 atom stereocenters. The van der Waals surface area contributed by atoms with Crippen molar-refractivity contribution in [1.82, 2.24) is 4.90 Å². The summed E-state index contributed by atoms with van der Waals surface area (Å²) in [5.41, 5.74) is 2.74. The minimum absolute atomic E-state index is 1.06. The number of hydrogen-bond donors (Lipinski definition) is 0. The quantitative estimate of drug-likeness (QED) is 0.564. The van der Waals surface area contributed by atoms with Crippen molar-refractivity contribution in [2.75, 3.05) is 18.9 Å². The Morgan fingerprint density at radius 1 is 1.13 bits per heavy atom. The molecule has 0 heterocycles. The number of halogens is 1. The lowest BCUT2D eigenvalue weighted by Gasteiger charge is -2.16. The van der Waals surface area contributed by atoms with E-state index in [-0.39, 0.29) is 0 Å². The highest BCUT2D eigenvalue weighted by molar-refractivity contribution is 9.09. The average Bonchev–Trinajstić information content (AvgIpc) is 2.22. The van der Waals surface area contributed by atoms with E-state index in [0.29, 0.717) is 0 Å². The van der Waals surface area contributed by atoms with Gasteiger partial charge in [-0.3, -0.25) is 0 Å². The van der Waals surface area contributed by atoms with Crippen molar-refractivity contribution in [3.8, 4) is 0 Å². The minimum atomic E-state index is 1.06. The van der Waals surface area contributed by atoms with Crippen molar-refractivity contribution in [2.45, 2.75) is 26.3 Å². The summed E-state index contributed by atoms with van der Waals surface area (Å²) in [6.07, 6.45) is 2.53. The maximum absolute atomic E-state index is 3.46. The van der Waals surface area contributed by atoms with Gasteiger partial charge in [0, 0.05) is 11.9 Å². The standard InChI is InChI=1S/C13H20BrN/c1-12-5-7-13(8-6-12)11-15(2)10-4-3-9-14/h5-8H,3-4,9-11H2,1-2H3. The predicted molar refractivity (Wildman–Crippen MR) is 70.5 cm³/mol. The van der Waals surface area contributed by atoms with Crippen LogP contribution in [0.25, 0.3) is 0 Å². The summed E-state index contributed by atoms with van der Waals surface area (Å²) in [5.74, 6) is 0. The molecule has 1 nitrogen and oxygen atoms in total. The molecule has 0 fully saturated rings. The molecule has 0 saturated carbocycles. The summed E-state index contributed by atoms with van der Waals surface area (Å²) in [5, 5.41) is 1.12. The fourth-order valence-electron chi connectivity index (χ4n) is 1.56. The van der Waals surface area contributed by atoms with Gasteiger partial charge in [-0.05, 0) is 38.9 Å². The van der Waals surface area contributed by atoms with Gasteiger partial charge in [0.15, 0.2) is 0 Å². The van der Waals surface area contributed by atoms with Gasteiger partial charge < -0.3 is 4.90 Å². The molecule has 0 aliphatic rings. The summed E-state index contributed by atoms with van der Waals surface area (Å²) in [6.45, 7) is 4.37. The van der Waals surface area contributed by atoms with Crippen LogP contribution in [0.5, 0.6) is 0 Å². The Kier molecular flexibility index (Phi) is 5.96. The highest BCUT2D eigenvalue weighted by Crippen LogP contribution is 2.06. The molecule has 0 unspecified atom stereocenters. The Labute approximate surface area is 102 Å². The third-order valence-electron chi connectivity index (χ3n) is 2.50. The maximum Gasteiger partial charge on any atom is 0.0230 e. The van der Waals surface area contributed by atoms with Crippen molar-refractivity contribution in [2.24, 2.45) is 0 Å². The lowest BCUT2D eigenvalue weighted by Crippen LogP contribution is -2.19. The van der Waals surface area contributed by atoms with E-state index < -0.39 is 0 Å². The molecule has 2 heteroatoms. The second-order valence-electron chi connectivity index (χ2n) is 4.12. The van der Waals surface area contributed by atoms with Crippen LogP contribution in [0.4, 0.5) is 0 Å². The highest BCUT2D eigenvalue weighted by Gasteiger charge is 1.99. The first kappa shape index (κ1) is 12.7. The van der Waals surface area contributed by atoms with E-state index in [1.807, 2.05) is 0 Å². The van der Waals surface area contributed by atoms with Crippen LogP contribution >= 0.6 is 15.9 Å². The first-order chi connectivity index (χ1) is 7.22. The third kappa shape index (κ3) is 5.33. The molecule has 0 spiro atoms. The molecule has 1 aromatic carbocycles. The molecule has 0 amide bonds. The molecule has 1 rings (SSSR count). The molecule has 0 aromatic heterocycles. The van der Waals surface area contributed by atoms with Crippen molar-refractivity contribution in [3.05, 3.63) is 35.4 Å². The van der Waals surface area contributed by atoms with Gasteiger partial charge in [0.05, 0.1) is 0 Å². The Bertz CT molecular complexity index is 268. The molecule has 0 aliphatic heterocycles. The van der Waals surface area contributed by atoms with E-state index in [9.17, 15) is 0 Å². The van der Waals surface area contributed by atoms with Crippen LogP contribution in [0, 0.1) is 6.92 Å². The summed E-state index contributed by atoms with van der Waals surface area (Å²) in [6, 6.07) is 8.80. The highest BCUT2D eigenvalue weighted by atomic mass is 79.9. The van der Waals surface area contributed by atoms with Crippen LogP contribution < -0.4 is 0 Å². The second kappa shape index (κ2) is 7.02. The number of unbranched alkanes of at least 4 members (excludes halogenated alkanes) is 1. The van der Waals surface area contributed by atoms with E-state index in [0.717, 1.165) is 11.9 Å². The van der Waals surface area contributed by atoms with E-state index in [1.165, 1.54) is 30.5 Å². The molecule has 0 N–H and O–H groups in total. The van der Waals surface area contributed by atoms with E-state index >= 15 is 0 Å². The van der Waals surface area contributed by atoms with Gasteiger partial charge in [0.25, 0.3) is 0 Å². The van der Waals surface area contributed by atoms with Crippen LogP contribution in [-0.4, -0.2) is 23.8 Å². The molecule has 0 bridgehead atoms. The van der Waals surface area contributed by atoms with E-state index in [2.05, 4.69) is 59.1 Å². The van der Waals surface area contributed by atoms with Gasteiger partial charge in [-0.25, -0.2) is 0 Å². The molecular formula is C13H20BrN. The third-order valence-corrected chi connectivity index (χ3v) is 3.06. The average molecular weight is 270 g/mol. The van der Waals surface area contributed by atoms with Crippen LogP contribution in [0.1, 0.15) is 24.0 Å². The van der Waals surface area contributed by atoms with Crippen molar-refractivity contribution >= 4 is 15.9 Å². The SMILES string of the molecule is Cc1ccc(CN(C)CCCCBr)cc1. The second-order valence-corrected chi connectivity index (χ2v) is 4.91. The first-order valence-electron chi connectivity index (χ1n) is 5.52. The summed E-state index contributed by atoms with van der Waals surface area (Å²) in [7, 11) is 2.19. The monoisotopic (exact) mass is 269 g/mol. The van der Waals surface area contributed by atoms with Gasteiger partial charge in [-0.1, -0.05) is 45.8 Å². The van der Waals surface area contributed by atoms with Gasteiger partial charge in [0.2, 0.25) is 0 Å². The van der Waals surface area contributed by atoms with Crippen LogP contribution in [0.15, 0.2) is 24.3 Å². The van der Waals surface area contributed by atoms with Crippen LogP contribution in [0.3, 0.4) is 0 Å². The maximum atomic E-state index is 3.46. The number of alkyl halides is 1. The lowest BCUT2D eigenvalue weighted by molar-refractivity contribution is 0.321. The Hall–Kier alpha value is -0.340. The fourth-order valence-corrected chi connectivity index (χ4v) is 1.96. The van der Waals surface area contributed by atoms with Gasteiger partial charge in [-0.15, -0.1) is 0 Å². The van der Waals surface area contributed by atoms with Crippen LogP contribution in [0.2, 0.25) is 0 Å². The Balaban J connectivity index is 2.31. The zero-order chi connectivity index (χ0) is 11.1. The van der Waals surface area contributed by atoms with Crippen molar-refractivity contribution in [1.29, 1.82) is 0 Å². The fraction of sp³-hybridized carbons (Fsp3) is 0.538. The Morgan fingerprint density at radius 2 is 1.80 bits per heavy atom. The Morgan fingerprint density at radius 3 is 2.40 bits per heavy atom. The lowest BCUT2D eigenvalue weighted by atomic mass is 10.1. The molecule has 1 aromatic rings. The summed E-state index contributed by atoms with van der Waals surface area (Å²) >= 11 is 3.46. The number of aryl methyl sites for hydroxylation is 1. The summed E-state index contributed by atoms with van der Waals surface area (Å²) in [4.78, 5) is 2.38. The minimum Gasteiger partial charge on any atom is -0.302 e. The number of benzene rings is 1. The largest absolute Gasteiger partial charge is 0.302 e.